The summed E-state index contributed by atoms with van der Waals surface area (Å²) in [5.41, 5.74) is 0.972. The van der Waals surface area contributed by atoms with Crippen molar-refractivity contribution in [3.63, 3.8) is 0 Å². The van der Waals surface area contributed by atoms with E-state index in [4.69, 9.17) is 4.74 Å². The van der Waals surface area contributed by atoms with Gasteiger partial charge in [0.15, 0.2) is 0 Å². The predicted molar refractivity (Wildman–Crippen MR) is 78.3 cm³/mol. The zero-order chi connectivity index (χ0) is 13.8. The topological polar surface area (TPSA) is 29.5 Å². The Balaban J connectivity index is 1.95. The molecule has 106 valence electrons. The SMILES string of the molecule is CC[C@H](O)c1ccc(OC2CC(C)CC(C)C2)cc1. The molecule has 1 aromatic carbocycles. The van der Waals surface area contributed by atoms with Crippen LogP contribution < -0.4 is 4.74 Å². The third kappa shape index (κ3) is 3.97. The number of hydrogen-bond donors (Lipinski definition) is 1. The molecule has 2 nitrogen and oxygen atoms in total. The van der Waals surface area contributed by atoms with Crippen molar-refractivity contribution in [3.05, 3.63) is 29.8 Å². The van der Waals surface area contributed by atoms with Crippen LogP contribution in [0.5, 0.6) is 5.75 Å². The maximum atomic E-state index is 9.77. The highest BCUT2D eigenvalue weighted by Gasteiger charge is 2.25. The van der Waals surface area contributed by atoms with Gasteiger partial charge in [0.25, 0.3) is 0 Å². The summed E-state index contributed by atoms with van der Waals surface area (Å²) >= 11 is 0. The molecule has 0 heterocycles. The van der Waals surface area contributed by atoms with Crippen molar-refractivity contribution in [1.82, 2.24) is 0 Å². The minimum absolute atomic E-state index is 0.348. The summed E-state index contributed by atoms with van der Waals surface area (Å²) in [5.74, 6) is 2.45. The molecule has 0 bridgehead atoms. The normalized spacial score (nSPS) is 28.9. The number of rotatable bonds is 4. The Morgan fingerprint density at radius 2 is 1.68 bits per heavy atom. The van der Waals surface area contributed by atoms with Gasteiger partial charge in [0.1, 0.15) is 5.75 Å². The third-order valence-electron chi connectivity index (χ3n) is 4.09. The summed E-state index contributed by atoms with van der Waals surface area (Å²) in [6.07, 6.45) is 4.37. The Bertz CT molecular complexity index is 375. The lowest BCUT2D eigenvalue weighted by atomic mass is 9.82. The second-order valence-electron chi connectivity index (χ2n) is 6.15. The van der Waals surface area contributed by atoms with Crippen LogP contribution in [-0.4, -0.2) is 11.2 Å². The molecule has 0 aromatic heterocycles. The lowest BCUT2D eigenvalue weighted by Gasteiger charge is -2.31. The fourth-order valence-electron chi connectivity index (χ4n) is 3.17. The van der Waals surface area contributed by atoms with E-state index in [0.717, 1.165) is 42.4 Å². The van der Waals surface area contributed by atoms with Gasteiger partial charge in [-0.2, -0.15) is 0 Å². The van der Waals surface area contributed by atoms with Crippen LogP contribution in [0.1, 0.15) is 58.1 Å². The van der Waals surface area contributed by atoms with Crippen LogP contribution >= 0.6 is 0 Å². The van der Waals surface area contributed by atoms with Crippen LogP contribution in [0.15, 0.2) is 24.3 Å². The van der Waals surface area contributed by atoms with Gasteiger partial charge in [-0.05, 0) is 55.2 Å². The third-order valence-corrected chi connectivity index (χ3v) is 4.09. The summed E-state index contributed by atoms with van der Waals surface area (Å²) in [6, 6.07) is 7.91. The van der Waals surface area contributed by atoms with Crippen LogP contribution in [0.3, 0.4) is 0 Å². The first-order valence-electron chi connectivity index (χ1n) is 7.53. The van der Waals surface area contributed by atoms with E-state index in [-0.39, 0.29) is 6.10 Å². The van der Waals surface area contributed by atoms with E-state index in [1.807, 2.05) is 31.2 Å². The van der Waals surface area contributed by atoms with Crippen molar-refractivity contribution in [2.75, 3.05) is 0 Å². The first-order valence-corrected chi connectivity index (χ1v) is 7.53. The molecule has 19 heavy (non-hydrogen) atoms. The first-order chi connectivity index (χ1) is 9.08. The molecule has 0 saturated heterocycles. The Morgan fingerprint density at radius 1 is 1.11 bits per heavy atom. The molecular weight excluding hydrogens is 236 g/mol. The molecule has 1 fully saturated rings. The Labute approximate surface area is 116 Å². The second kappa shape index (κ2) is 6.42. The van der Waals surface area contributed by atoms with Crippen LogP contribution in [0.25, 0.3) is 0 Å². The number of aliphatic hydroxyl groups is 1. The Hall–Kier alpha value is -1.02. The van der Waals surface area contributed by atoms with Gasteiger partial charge >= 0.3 is 0 Å². The van der Waals surface area contributed by atoms with Gasteiger partial charge in [-0.15, -0.1) is 0 Å². The minimum Gasteiger partial charge on any atom is -0.490 e. The van der Waals surface area contributed by atoms with Crippen molar-refractivity contribution in [2.24, 2.45) is 11.8 Å². The van der Waals surface area contributed by atoms with Crippen molar-refractivity contribution in [2.45, 2.75) is 58.7 Å². The molecule has 1 aliphatic carbocycles. The van der Waals surface area contributed by atoms with E-state index < -0.39 is 0 Å². The van der Waals surface area contributed by atoms with Crippen LogP contribution in [0.2, 0.25) is 0 Å². The molecule has 1 N–H and O–H groups in total. The standard InChI is InChI=1S/C17H26O2/c1-4-17(18)14-5-7-15(8-6-14)19-16-10-12(2)9-13(3)11-16/h5-8,12-13,16-18H,4,9-11H2,1-3H3/t12?,13?,16?,17-/m0/s1. The zero-order valence-electron chi connectivity index (χ0n) is 12.3. The van der Waals surface area contributed by atoms with E-state index in [9.17, 15) is 5.11 Å². The lowest BCUT2D eigenvalue weighted by Crippen LogP contribution is -2.28. The first kappa shape index (κ1) is 14.4. The van der Waals surface area contributed by atoms with Gasteiger partial charge in [-0.25, -0.2) is 0 Å². The highest BCUT2D eigenvalue weighted by Crippen LogP contribution is 2.31. The highest BCUT2D eigenvalue weighted by atomic mass is 16.5. The van der Waals surface area contributed by atoms with E-state index in [0.29, 0.717) is 6.10 Å². The van der Waals surface area contributed by atoms with Crippen LogP contribution in [0.4, 0.5) is 0 Å². The summed E-state index contributed by atoms with van der Waals surface area (Å²) < 4.78 is 6.08. The predicted octanol–water partition coefficient (Wildman–Crippen LogP) is 4.33. The van der Waals surface area contributed by atoms with Crippen molar-refractivity contribution < 1.29 is 9.84 Å². The molecule has 1 saturated carbocycles. The van der Waals surface area contributed by atoms with E-state index in [1.165, 1.54) is 6.42 Å². The Morgan fingerprint density at radius 3 is 2.21 bits per heavy atom. The molecule has 2 unspecified atom stereocenters. The smallest absolute Gasteiger partial charge is 0.119 e. The quantitative estimate of drug-likeness (QED) is 0.875. The van der Waals surface area contributed by atoms with Crippen molar-refractivity contribution >= 4 is 0 Å². The van der Waals surface area contributed by atoms with Gasteiger partial charge in [0.2, 0.25) is 0 Å². The molecule has 1 aromatic rings. The molecule has 0 radical (unpaired) electrons. The molecular formula is C17H26O2. The second-order valence-corrected chi connectivity index (χ2v) is 6.15. The van der Waals surface area contributed by atoms with E-state index in [2.05, 4.69) is 13.8 Å². The number of benzene rings is 1. The molecule has 0 aliphatic heterocycles. The maximum Gasteiger partial charge on any atom is 0.119 e. The maximum absolute atomic E-state index is 9.77. The van der Waals surface area contributed by atoms with Crippen LogP contribution in [-0.2, 0) is 0 Å². The summed E-state index contributed by atoms with van der Waals surface area (Å²) in [6.45, 7) is 6.61. The summed E-state index contributed by atoms with van der Waals surface area (Å²) in [7, 11) is 0. The molecule has 0 amide bonds. The fourth-order valence-corrected chi connectivity index (χ4v) is 3.17. The molecule has 1 aliphatic rings. The molecule has 2 rings (SSSR count). The highest BCUT2D eigenvalue weighted by molar-refractivity contribution is 5.28. The monoisotopic (exact) mass is 262 g/mol. The zero-order valence-corrected chi connectivity index (χ0v) is 12.3. The largest absolute Gasteiger partial charge is 0.490 e. The van der Waals surface area contributed by atoms with Gasteiger partial charge in [0, 0.05) is 0 Å². The van der Waals surface area contributed by atoms with Gasteiger partial charge in [0.05, 0.1) is 12.2 Å². The molecule has 3 atom stereocenters. The Kier molecular flexibility index (Phi) is 4.87. The fraction of sp³-hybridized carbons (Fsp3) is 0.647. The van der Waals surface area contributed by atoms with E-state index in [1.54, 1.807) is 0 Å². The van der Waals surface area contributed by atoms with Gasteiger partial charge in [-0.1, -0.05) is 32.9 Å². The number of aliphatic hydroxyl groups excluding tert-OH is 1. The average molecular weight is 262 g/mol. The number of hydrogen-bond acceptors (Lipinski definition) is 2. The number of ether oxygens (including phenoxy) is 1. The van der Waals surface area contributed by atoms with Crippen molar-refractivity contribution in [1.29, 1.82) is 0 Å². The average Bonchev–Trinajstić information content (AvgIpc) is 2.37. The van der Waals surface area contributed by atoms with E-state index >= 15 is 0 Å². The van der Waals surface area contributed by atoms with Crippen LogP contribution in [0, 0.1) is 11.8 Å². The molecule has 2 heteroatoms. The summed E-state index contributed by atoms with van der Waals surface area (Å²) in [5, 5.41) is 9.77. The summed E-state index contributed by atoms with van der Waals surface area (Å²) in [4.78, 5) is 0. The van der Waals surface area contributed by atoms with Gasteiger partial charge < -0.3 is 9.84 Å². The van der Waals surface area contributed by atoms with Gasteiger partial charge in [-0.3, -0.25) is 0 Å². The minimum atomic E-state index is -0.358. The lowest BCUT2D eigenvalue weighted by molar-refractivity contribution is 0.101. The molecule has 0 spiro atoms. The van der Waals surface area contributed by atoms with Crippen molar-refractivity contribution in [3.8, 4) is 5.75 Å².